The zero-order chi connectivity index (χ0) is 14.6. The number of ether oxygens (including phenoxy) is 1. The van der Waals surface area contributed by atoms with E-state index in [1.54, 1.807) is 0 Å². The van der Waals surface area contributed by atoms with Crippen LogP contribution < -0.4 is 5.32 Å². The van der Waals surface area contributed by atoms with Crippen molar-refractivity contribution >= 4 is 11.9 Å². The van der Waals surface area contributed by atoms with Crippen LogP contribution in [-0.2, 0) is 14.3 Å². The molecule has 4 rings (SSSR count). The molecule has 2 saturated carbocycles. The van der Waals surface area contributed by atoms with Crippen molar-refractivity contribution in [2.45, 2.75) is 63.2 Å². The summed E-state index contributed by atoms with van der Waals surface area (Å²) >= 11 is 0. The second-order valence-electron chi connectivity index (χ2n) is 7.36. The minimum Gasteiger partial charge on any atom is -0.481 e. The van der Waals surface area contributed by atoms with E-state index in [-0.39, 0.29) is 41.9 Å². The lowest BCUT2D eigenvalue weighted by atomic mass is 9.83. The standard InChI is InChI=1S/C16H23NO4/c18-15(10-6-11-3-4-12(7-10)21-11)17-14-9-2-1-8(5-9)13(14)16(19)20/h8-14H,1-7H2,(H,17,18)(H,19,20)/t8-,9+,10?,11-,12+,13+,14-/m1/s1. The third kappa shape index (κ3) is 2.26. The van der Waals surface area contributed by atoms with E-state index in [1.165, 1.54) is 0 Å². The van der Waals surface area contributed by atoms with E-state index >= 15 is 0 Å². The van der Waals surface area contributed by atoms with Gasteiger partial charge in [0.1, 0.15) is 0 Å². The number of hydrogen-bond donors (Lipinski definition) is 2. The molecule has 0 aromatic heterocycles. The molecule has 0 spiro atoms. The van der Waals surface area contributed by atoms with Crippen molar-refractivity contribution in [2.75, 3.05) is 0 Å². The monoisotopic (exact) mass is 293 g/mol. The average molecular weight is 293 g/mol. The number of rotatable bonds is 3. The van der Waals surface area contributed by atoms with Gasteiger partial charge in [-0.05, 0) is 56.8 Å². The lowest BCUT2D eigenvalue weighted by molar-refractivity contribution is -0.145. The third-order valence-electron chi connectivity index (χ3n) is 6.17. The molecule has 21 heavy (non-hydrogen) atoms. The SMILES string of the molecule is O=C(N[C@@H]1[C@H]2CC[C@H](C2)[C@@H]1C(=O)O)C1C[C@H]2CC[C@@H](C1)O2. The molecule has 7 atom stereocenters. The molecular formula is C16H23NO4. The van der Waals surface area contributed by atoms with E-state index in [0.29, 0.717) is 5.92 Å². The molecule has 2 N–H and O–H groups in total. The van der Waals surface area contributed by atoms with Crippen LogP contribution in [0.5, 0.6) is 0 Å². The first-order valence-electron chi connectivity index (χ1n) is 8.30. The summed E-state index contributed by atoms with van der Waals surface area (Å²) < 4.78 is 5.78. The Morgan fingerprint density at radius 3 is 2.29 bits per heavy atom. The van der Waals surface area contributed by atoms with Crippen molar-refractivity contribution in [3.63, 3.8) is 0 Å². The van der Waals surface area contributed by atoms with Crippen LogP contribution in [-0.4, -0.2) is 35.2 Å². The molecule has 4 fully saturated rings. The van der Waals surface area contributed by atoms with Crippen molar-refractivity contribution in [1.82, 2.24) is 5.32 Å². The van der Waals surface area contributed by atoms with Crippen molar-refractivity contribution in [1.29, 1.82) is 0 Å². The number of nitrogens with one attached hydrogen (secondary N) is 1. The quantitative estimate of drug-likeness (QED) is 0.828. The van der Waals surface area contributed by atoms with Gasteiger partial charge in [-0.25, -0.2) is 0 Å². The van der Waals surface area contributed by atoms with E-state index in [4.69, 9.17) is 4.74 Å². The summed E-state index contributed by atoms with van der Waals surface area (Å²) in [5, 5.41) is 12.6. The zero-order valence-electron chi connectivity index (χ0n) is 12.2. The maximum atomic E-state index is 12.6. The molecule has 2 saturated heterocycles. The Balaban J connectivity index is 1.43. The van der Waals surface area contributed by atoms with Crippen LogP contribution in [0.4, 0.5) is 0 Å². The number of carboxylic acid groups (broad SMARTS) is 1. The molecule has 0 aromatic rings. The molecule has 5 nitrogen and oxygen atoms in total. The lowest BCUT2D eigenvalue weighted by Crippen LogP contribution is -2.49. The van der Waals surface area contributed by atoms with Crippen LogP contribution >= 0.6 is 0 Å². The predicted molar refractivity (Wildman–Crippen MR) is 74.5 cm³/mol. The van der Waals surface area contributed by atoms with E-state index in [9.17, 15) is 14.7 Å². The largest absolute Gasteiger partial charge is 0.481 e. The zero-order valence-corrected chi connectivity index (χ0v) is 12.2. The van der Waals surface area contributed by atoms with Gasteiger partial charge in [-0.2, -0.15) is 0 Å². The Labute approximate surface area is 124 Å². The van der Waals surface area contributed by atoms with Crippen LogP contribution in [0.15, 0.2) is 0 Å². The van der Waals surface area contributed by atoms with Gasteiger partial charge in [0.2, 0.25) is 5.91 Å². The van der Waals surface area contributed by atoms with Gasteiger partial charge >= 0.3 is 5.97 Å². The number of amides is 1. The highest BCUT2D eigenvalue weighted by Crippen LogP contribution is 2.49. The van der Waals surface area contributed by atoms with Gasteiger partial charge in [-0.1, -0.05) is 0 Å². The maximum absolute atomic E-state index is 12.6. The summed E-state index contributed by atoms with van der Waals surface area (Å²) in [4.78, 5) is 24.1. The molecule has 1 unspecified atom stereocenters. The highest BCUT2D eigenvalue weighted by Gasteiger charge is 2.52. The Hall–Kier alpha value is -1.10. The van der Waals surface area contributed by atoms with Gasteiger partial charge in [0, 0.05) is 12.0 Å². The third-order valence-corrected chi connectivity index (χ3v) is 6.17. The normalized spacial score (nSPS) is 47.5. The second kappa shape index (κ2) is 4.97. The minimum atomic E-state index is -0.737. The second-order valence-corrected chi connectivity index (χ2v) is 7.36. The summed E-state index contributed by atoms with van der Waals surface area (Å²) in [7, 11) is 0. The predicted octanol–water partition coefficient (Wildman–Crippen LogP) is 1.56. The smallest absolute Gasteiger partial charge is 0.308 e. The molecule has 0 radical (unpaired) electrons. The lowest BCUT2D eigenvalue weighted by Gasteiger charge is -2.32. The van der Waals surface area contributed by atoms with Gasteiger partial charge in [0.15, 0.2) is 0 Å². The van der Waals surface area contributed by atoms with Gasteiger partial charge in [0.05, 0.1) is 18.1 Å². The van der Waals surface area contributed by atoms with Crippen molar-refractivity contribution in [2.24, 2.45) is 23.7 Å². The van der Waals surface area contributed by atoms with Crippen LogP contribution in [0.25, 0.3) is 0 Å². The topological polar surface area (TPSA) is 75.6 Å². The molecule has 4 bridgehead atoms. The van der Waals surface area contributed by atoms with Crippen molar-refractivity contribution in [3.05, 3.63) is 0 Å². The first-order valence-corrected chi connectivity index (χ1v) is 8.30. The number of hydrogen-bond acceptors (Lipinski definition) is 3. The molecule has 0 aromatic carbocycles. The molecular weight excluding hydrogens is 270 g/mol. The molecule has 116 valence electrons. The average Bonchev–Trinajstić information content (AvgIpc) is 3.13. The fourth-order valence-electron chi connectivity index (χ4n) is 5.21. The Morgan fingerprint density at radius 1 is 0.952 bits per heavy atom. The van der Waals surface area contributed by atoms with E-state index in [1.807, 2.05) is 0 Å². The number of aliphatic carboxylic acids is 1. The molecule has 1 amide bonds. The van der Waals surface area contributed by atoms with Crippen molar-refractivity contribution < 1.29 is 19.4 Å². The summed E-state index contributed by atoms with van der Waals surface area (Å²) in [6.07, 6.45) is 7.29. The van der Waals surface area contributed by atoms with Gasteiger partial charge < -0.3 is 15.2 Å². The highest BCUT2D eigenvalue weighted by molar-refractivity contribution is 5.81. The van der Waals surface area contributed by atoms with Gasteiger partial charge in [-0.3, -0.25) is 9.59 Å². The fraction of sp³-hybridized carbons (Fsp3) is 0.875. The van der Waals surface area contributed by atoms with E-state index < -0.39 is 5.97 Å². The Morgan fingerprint density at radius 2 is 1.62 bits per heavy atom. The van der Waals surface area contributed by atoms with Crippen molar-refractivity contribution in [3.8, 4) is 0 Å². The Bertz CT molecular complexity index is 453. The van der Waals surface area contributed by atoms with E-state index in [0.717, 1.165) is 44.9 Å². The first-order chi connectivity index (χ1) is 10.1. The summed E-state index contributed by atoms with van der Waals surface area (Å²) in [5.74, 6) is -0.382. The van der Waals surface area contributed by atoms with E-state index in [2.05, 4.69) is 5.32 Å². The van der Waals surface area contributed by atoms with Crippen LogP contribution in [0.3, 0.4) is 0 Å². The molecule has 5 heteroatoms. The van der Waals surface area contributed by atoms with Crippen LogP contribution in [0, 0.1) is 23.7 Å². The maximum Gasteiger partial charge on any atom is 0.308 e. The fourth-order valence-corrected chi connectivity index (χ4v) is 5.21. The van der Waals surface area contributed by atoms with Gasteiger partial charge in [-0.15, -0.1) is 0 Å². The number of carbonyl (C=O) groups excluding carboxylic acids is 1. The summed E-state index contributed by atoms with van der Waals surface area (Å²) in [5.41, 5.74) is 0. The molecule has 4 aliphatic rings. The van der Waals surface area contributed by atoms with Gasteiger partial charge in [0.25, 0.3) is 0 Å². The number of carbonyl (C=O) groups is 2. The molecule has 2 heterocycles. The Kier molecular flexibility index (Phi) is 3.21. The first kappa shape index (κ1) is 13.6. The molecule has 2 aliphatic carbocycles. The van der Waals surface area contributed by atoms with Crippen LogP contribution in [0.1, 0.15) is 44.9 Å². The molecule has 2 aliphatic heterocycles. The number of carboxylic acids is 1. The number of fused-ring (bicyclic) bond motifs is 4. The summed E-state index contributed by atoms with van der Waals surface area (Å²) in [6, 6.07) is -0.144. The summed E-state index contributed by atoms with van der Waals surface area (Å²) in [6.45, 7) is 0. The highest BCUT2D eigenvalue weighted by atomic mass is 16.5. The minimum absolute atomic E-state index is 0.0184. The van der Waals surface area contributed by atoms with Crippen LogP contribution in [0.2, 0.25) is 0 Å².